The second-order valence-corrected chi connectivity index (χ2v) is 6.79. The molecule has 0 radical (unpaired) electrons. The Morgan fingerprint density at radius 3 is 2.45 bits per heavy atom. The molecule has 0 amide bonds. The van der Waals surface area contributed by atoms with Gasteiger partial charge in [0.1, 0.15) is 0 Å². The zero-order valence-electron chi connectivity index (χ0n) is 11.8. The van der Waals surface area contributed by atoms with E-state index in [2.05, 4.69) is 6.58 Å². The smallest absolute Gasteiger partial charge is 0.207 e. The zero-order chi connectivity index (χ0) is 14.8. The van der Waals surface area contributed by atoms with Gasteiger partial charge in [0.15, 0.2) is 0 Å². The molecule has 0 heterocycles. The van der Waals surface area contributed by atoms with Crippen molar-refractivity contribution in [2.24, 2.45) is 0 Å². The van der Waals surface area contributed by atoms with Crippen molar-refractivity contribution in [3.8, 4) is 0 Å². The summed E-state index contributed by atoms with van der Waals surface area (Å²) in [6.07, 6.45) is 1.61. The average molecular weight is 289 g/mol. The summed E-state index contributed by atoms with van der Waals surface area (Å²) >= 11 is 0. The molecule has 0 N–H and O–H groups in total. The molecule has 0 saturated carbocycles. The Kier molecular flexibility index (Phi) is 4.26. The molecule has 0 spiro atoms. The Balaban J connectivity index is 2.65. The van der Waals surface area contributed by atoms with Crippen LogP contribution in [0.3, 0.4) is 0 Å². The van der Waals surface area contributed by atoms with Gasteiger partial charge in [0.05, 0.1) is 4.90 Å². The van der Waals surface area contributed by atoms with Gasteiger partial charge in [0.2, 0.25) is 10.0 Å². The maximum absolute atomic E-state index is 12.9. The first kappa shape index (κ1) is 14.8. The third-order valence-corrected chi connectivity index (χ3v) is 5.32. The maximum atomic E-state index is 12.9. The van der Waals surface area contributed by atoms with E-state index in [0.717, 1.165) is 10.8 Å². The van der Waals surface area contributed by atoms with Crippen molar-refractivity contribution in [3.63, 3.8) is 0 Å². The first-order valence-corrected chi connectivity index (χ1v) is 8.03. The number of hydrogen-bond acceptors (Lipinski definition) is 2. The van der Waals surface area contributed by atoms with Crippen LogP contribution in [0.2, 0.25) is 0 Å². The molecule has 4 heteroatoms. The minimum atomic E-state index is -3.53. The fourth-order valence-electron chi connectivity index (χ4n) is 2.26. The summed E-state index contributed by atoms with van der Waals surface area (Å²) in [5.74, 6) is 0. The van der Waals surface area contributed by atoms with Crippen molar-refractivity contribution < 1.29 is 8.42 Å². The summed E-state index contributed by atoms with van der Waals surface area (Å²) in [5.41, 5.74) is 0. The molecule has 0 fully saturated rings. The first-order chi connectivity index (χ1) is 9.48. The highest BCUT2D eigenvalue weighted by Gasteiger charge is 2.27. The minimum Gasteiger partial charge on any atom is -0.207 e. The van der Waals surface area contributed by atoms with E-state index >= 15 is 0 Å². The number of hydrogen-bond donors (Lipinski definition) is 0. The number of fused-ring (bicyclic) bond motifs is 1. The van der Waals surface area contributed by atoms with E-state index in [1.807, 2.05) is 44.2 Å². The minimum absolute atomic E-state index is 0.114. The molecule has 0 unspecified atom stereocenters. The average Bonchev–Trinajstić information content (AvgIpc) is 2.43. The van der Waals surface area contributed by atoms with Gasteiger partial charge in [0.25, 0.3) is 0 Å². The van der Waals surface area contributed by atoms with Gasteiger partial charge in [-0.15, -0.1) is 6.58 Å². The third-order valence-electron chi connectivity index (χ3n) is 3.22. The first-order valence-electron chi connectivity index (χ1n) is 6.59. The van der Waals surface area contributed by atoms with E-state index in [9.17, 15) is 8.42 Å². The highest BCUT2D eigenvalue weighted by atomic mass is 32.2. The molecule has 0 aliphatic heterocycles. The Labute approximate surface area is 120 Å². The summed E-state index contributed by atoms with van der Waals surface area (Å²) in [4.78, 5) is 0.353. The lowest BCUT2D eigenvalue weighted by molar-refractivity contribution is 0.383. The standard InChI is InChI=1S/C16H19NO2S/c1-4-12-17(13(2)3)20(18,19)16-11-7-9-14-8-5-6-10-15(14)16/h4-11,13H,1,12H2,2-3H3. The van der Waals surface area contributed by atoms with Crippen molar-refractivity contribution in [2.45, 2.75) is 24.8 Å². The Hall–Kier alpha value is -1.65. The quantitative estimate of drug-likeness (QED) is 0.791. The number of sulfonamides is 1. The van der Waals surface area contributed by atoms with Gasteiger partial charge in [0, 0.05) is 18.0 Å². The van der Waals surface area contributed by atoms with Gasteiger partial charge in [-0.1, -0.05) is 42.5 Å². The predicted molar refractivity (Wildman–Crippen MR) is 83.2 cm³/mol. The van der Waals surface area contributed by atoms with Crippen LogP contribution in [0.1, 0.15) is 13.8 Å². The lowest BCUT2D eigenvalue weighted by Gasteiger charge is -2.25. The predicted octanol–water partition coefficient (Wildman–Crippen LogP) is 3.42. The topological polar surface area (TPSA) is 37.4 Å². The second kappa shape index (κ2) is 5.77. The van der Waals surface area contributed by atoms with Crippen LogP contribution < -0.4 is 0 Å². The summed E-state index contributed by atoms with van der Waals surface area (Å²) in [7, 11) is -3.53. The Bertz CT molecular complexity index is 715. The molecule has 2 rings (SSSR count). The fourth-order valence-corrected chi connectivity index (χ4v) is 4.08. The van der Waals surface area contributed by atoms with Crippen LogP contribution >= 0.6 is 0 Å². The zero-order valence-corrected chi connectivity index (χ0v) is 12.6. The van der Waals surface area contributed by atoms with Crippen LogP contribution in [-0.4, -0.2) is 25.3 Å². The van der Waals surface area contributed by atoms with E-state index < -0.39 is 10.0 Å². The molecule has 0 saturated heterocycles. The van der Waals surface area contributed by atoms with E-state index in [1.165, 1.54) is 4.31 Å². The molecule has 0 aliphatic carbocycles. The highest BCUT2D eigenvalue weighted by Crippen LogP contribution is 2.26. The highest BCUT2D eigenvalue weighted by molar-refractivity contribution is 7.89. The van der Waals surface area contributed by atoms with Gasteiger partial charge < -0.3 is 0 Å². The summed E-state index contributed by atoms with van der Waals surface area (Å²) in [5, 5.41) is 1.68. The lowest BCUT2D eigenvalue weighted by atomic mass is 10.1. The van der Waals surface area contributed by atoms with Crippen molar-refractivity contribution in [1.82, 2.24) is 4.31 Å². The summed E-state index contributed by atoms with van der Waals surface area (Å²) in [6, 6.07) is 12.8. The third kappa shape index (κ3) is 2.62. The molecular weight excluding hydrogens is 270 g/mol. The molecule has 2 aromatic rings. The molecule has 0 atom stereocenters. The Morgan fingerprint density at radius 2 is 1.80 bits per heavy atom. The molecule has 0 aliphatic rings. The van der Waals surface area contributed by atoms with Crippen molar-refractivity contribution >= 4 is 20.8 Å². The maximum Gasteiger partial charge on any atom is 0.244 e. The largest absolute Gasteiger partial charge is 0.244 e. The van der Waals surface area contributed by atoms with Crippen molar-refractivity contribution in [3.05, 3.63) is 55.1 Å². The monoisotopic (exact) mass is 289 g/mol. The molecule has 0 bridgehead atoms. The molecule has 0 aromatic heterocycles. The second-order valence-electron chi connectivity index (χ2n) is 4.93. The van der Waals surface area contributed by atoms with E-state index in [0.29, 0.717) is 11.4 Å². The fraction of sp³-hybridized carbons (Fsp3) is 0.250. The van der Waals surface area contributed by atoms with E-state index in [4.69, 9.17) is 0 Å². The van der Waals surface area contributed by atoms with Gasteiger partial charge in [-0.2, -0.15) is 4.31 Å². The molecule has 2 aromatic carbocycles. The van der Waals surface area contributed by atoms with Gasteiger partial charge in [-0.25, -0.2) is 8.42 Å². The lowest BCUT2D eigenvalue weighted by Crippen LogP contribution is -2.37. The molecular formula is C16H19NO2S. The summed E-state index contributed by atoms with van der Waals surface area (Å²) in [6.45, 7) is 7.69. The van der Waals surface area contributed by atoms with Crippen LogP contribution in [0.5, 0.6) is 0 Å². The van der Waals surface area contributed by atoms with Crippen molar-refractivity contribution in [1.29, 1.82) is 0 Å². The molecule has 3 nitrogen and oxygen atoms in total. The van der Waals surface area contributed by atoms with Crippen LogP contribution in [0, 0.1) is 0 Å². The van der Waals surface area contributed by atoms with E-state index in [1.54, 1.807) is 18.2 Å². The molecule has 106 valence electrons. The SMILES string of the molecule is C=CCN(C(C)C)S(=O)(=O)c1cccc2ccccc12. The number of rotatable bonds is 5. The van der Waals surface area contributed by atoms with E-state index in [-0.39, 0.29) is 6.04 Å². The van der Waals surface area contributed by atoms with Crippen LogP contribution in [0.15, 0.2) is 60.0 Å². The Morgan fingerprint density at radius 1 is 1.15 bits per heavy atom. The normalized spacial score (nSPS) is 12.2. The number of benzene rings is 2. The van der Waals surface area contributed by atoms with Crippen LogP contribution in [-0.2, 0) is 10.0 Å². The summed E-state index contributed by atoms with van der Waals surface area (Å²) < 4.78 is 27.2. The number of nitrogens with zero attached hydrogens (tertiary/aromatic N) is 1. The van der Waals surface area contributed by atoms with Gasteiger partial charge >= 0.3 is 0 Å². The van der Waals surface area contributed by atoms with Gasteiger partial charge in [-0.05, 0) is 25.3 Å². The van der Waals surface area contributed by atoms with Crippen molar-refractivity contribution in [2.75, 3.05) is 6.54 Å². The van der Waals surface area contributed by atoms with Crippen LogP contribution in [0.4, 0.5) is 0 Å². The van der Waals surface area contributed by atoms with Gasteiger partial charge in [-0.3, -0.25) is 0 Å². The van der Waals surface area contributed by atoms with Crippen LogP contribution in [0.25, 0.3) is 10.8 Å². The molecule has 20 heavy (non-hydrogen) atoms.